The highest BCUT2D eigenvalue weighted by Crippen LogP contribution is 2.17. The van der Waals surface area contributed by atoms with Crippen LogP contribution in [0.15, 0.2) is 24.3 Å². The van der Waals surface area contributed by atoms with Gasteiger partial charge in [-0.3, -0.25) is 4.79 Å². The first kappa shape index (κ1) is 11.7. The summed E-state index contributed by atoms with van der Waals surface area (Å²) in [6, 6.07) is 7.63. The molecule has 3 nitrogen and oxygen atoms in total. The first-order valence-corrected chi connectivity index (χ1v) is 5.09. The van der Waals surface area contributed by atoms with Gasteiger partial charge in [0, 0.05) is 5.69 Å². The predicted molar refractivity (Wildman–Crippen MR) is 60.8 cm³/mol. The van der Waals surface area contributed by atoms with E-state index in [1.165, 1.54) is 12.5 Å². The van der Waals surface area contributed by atoms with Gasteiger partial charge in [0.1, 0.15) is 6.10 Å². The van der Waals surface area contributed by atoms with Crippen LogP contribution < -0.4 is 5.32 Å². The van der Waals surface area contributed by atoms with Gasteiger partial charge in [0.15, 0.2) is 0 Å². The number of carbonyl (C=O) groups is 1. The summed E-state index contributed by atoms with van der Waals surface area (Å²) in [5.41, 5.74) is 1.94. The monoisotopic (exact) mass is 207 g/mol. The third-order valence-corrected chi connectivity index (χ3v) is 2.22. The van der Waals surface area contributed by atoms with Crippen LogP contribution in [0.3, 0.4) is 0 Å². The Labute approximate surface area is 90.1 Å². The van der Waals surface area contributed by atoms with E-state index in [-0.39, 0.29) is 5.91 Å². The van der Waals surface area contributed by atoms with Gasteiger partial charge in [-0.1, -0.05) is 26.0 Å². The molecule has 0 bridgehead atoms. The van der Waals surface area contributed by atoms with Crippen LogP contribution in [0.1, 0.15) is 32.3 Å². The molecule has 0 saturated carbocycles. The number of hydrogen-bond acceptors (Lipinski definition) is 2. The molecule has 0 aliphatic carbocycles. The molecule has 2 N–H and O–H groups in total. The van der Waals surface area contributed by atoms with Crippen LogP contribution in [-0.2, 0) is 4.79 Å². The number of rotatable bonds is 3. The van der Waals surface area contributed by atoms with Gasteiger partial charge in [-0.25, -0.2) is 0 Å². The Kier molecular flexibility index (Phi) is 3.86. The van der Waals surface area contributed by atoms with E-state index >= 15 is 0 Å². The number of amides is 1. The molecule has 0 saturated heterocycles. The molecule has 0 heterocycles. The van der Waals surface area contributed by atoms with Gasteiger partial charge >= 0.3 is 0 Å². The van der Waals surface area contributed by atoms with Crippen molar-refractivity contribution >= 4 is 11.6 Å². The highest BCUT2D eigenvalue weighted by molar-refractivity contribution is 5.93. The lowest BCUT2D eigenvalue weighted by Crippen LogP contribution is -2.24. The van der Waals surface area contributed by atoms with Crippen molar-refractivity contribution in [1.82, 2.24) is 0 Å². The second-order valence-electron chi connectivity index (χ2n) is 3.94. The van der Waals surface area contributed by atoms with E-state index in [2.05, 4.69) is 19.2 Å². The fourth-order valence-electron chi connectivity index (χ4n) is 1.20. The highest BCUT2D eigenvalue weighted by atomic mass is 16.3. The SMILES string of the molecule is CC(O)C(=O)Nc1ccc(C(C)C)cc1. The van der Waals surface area contributed by atoms with E-state index in [1.54, 1.807) is 0 Å². The fourth-order valence-corrected chi connectivity index (χ4v) is 1.20. The summed E-state index contributed by atoms with van der Waals surface area (Å²) >= 11 is 0. The predicted octanol–water partition coefficient (Wildman–Crippen LogP) is 2.13. The number of anilines is 1. The van der Waals surface area contributed by atoms with Crippen molar-refractivity contribution in [1.29, 1.82) is 0 Å². The lowest BCUT2D eigenvalue weighted by atomic mass is 10.0. The van der Waals surface area contributed by atoms with E-state index in [0.717, 1.165) is 0 Å². The normalized spacial score (nSPS) is 12.6. The van der Waals surface area contributed by atoms with Crippen LogP contribution in [0.4, 0.5) is 5.69 Å². The lowest BCUT2D eigenvalue weighted by molar-refractivity contribution is -0.123. The summed E-state index contributed by atoms with van der Waals surface area (Å²) < 4.78 is 0. The standard InChI is InChI=1S/C12H17NO2/c1-8(2)10-4-6-11(7-5-10)13-12(15)9(3)14/h4-9,14H,1-3H3,(H,13,15). The molecule has 15 heavy (non-hydrogen) atoms. The molecule has 1 aromatic carbocycles. The largest absolute Gasteiger partial charge is 0.384 e. The van der Waals surface area contributed by atoms with Crippen LogP contribution >= 0.6 is 0 Å². The van der Waals surface area contributed by atoms with Gasteiger partial charge in [-0.15, -0.1) is 0 Å². The van der Waals surface area contributed by atoms with Crippen molar-refractivity contribution in [3.05, 3.63) is 29.8 Å². The van der Waals surface area contributed by atoms with Gasteiger partial charge in [0.25, 0.3) is 5.91 Å². The summed E-state index contributed by atoms with van der Waals surface area (Å²) in [4.78, 5) is 11.2. The molecule has 0 radical (unpaired) electrons. The number of hydrogen-bond donors (Lipinski definition) is 2. The summed E-state index contributed by atoms with van der Waals surface area (Å²) in [5.74, 6) is 0.0961. The number of carbonyl (C=O) groups excluding carboxylic acids is 1. The molecule has 0 aromatic heterocycles. The molecular weight excluding hydrogens is 190 g/mol. The number of aliphatic hydroxyl groups excluding tert-OH is 1. The van der Waals surface area contributed by atoms with Crippen LogP contribution in [0.2, 0.25) is 0 Å². The van der Waals surface area contributed by atoms with Crippen molar-refractivity contribution in [2.75, 3.05) is 5.32 Å². The first-order chi connectivity index (χ1) is 7.00. The third kappa shape index (κ3) is 3.36. The minimum Gasteiger partial charge on any atom is -0.384 e. The van der Waals surface area contributed by atoms with E-state index < -0.39 is 6.10 Å². The minimum absolute atomic E-state index is 0.382. The van der Waals surface area contributed by atoms with Gasteiger partial charge in [0.05, 0.1) is 0 Å². The quantitative estimate of drug-likeness (QED) is 0.797. The van der Waals surface area contributed by atoms with Crippen LogP contribution in [-0.4, -0.2) is 17.1 Å². The maximum absolute atomic E-state index is 11.2. The first-order valence-electron chi connectivity index (χ1n) is 5.09. The van der Waals surface area contributed by atoms with Crippen molar-refractivity contribution in [2.45, 2.75) is 32.8 Å². The Hall–Kier alpha value is -1.35. The Bertz CT molecular complexity index is 328. The average Bonchev–Trinajstić information content (AvgIpc) is 2.18. The van der Waals surface area contributed by atoms with E-state index in [0.29, 0.717) is 11.6 Å². The topological polar surface area (TPSA) is 49.3 Å². The molecule has 1 atom stereocenters. The summed E-state index contributed by atoms with van der Waals surface area (Å²) in [6.45, 7) is 5.67. The van der Waals surface area contributed by atoms with E-state index in [9.17, 15) is 4.79 Å². The van der Waals surface area contributed by atoms with Gasteiger partial charge in [0.2, 0.25) is 0 Å². The molecule has 0 spiro atoms. The Balaban J connectivity index is 2.69. The maximum Gasteiger partial charge on any atom is 0.252 e. The van der Waals surface area contributed by atoms with E-state index in [4.69, 9.17) is 5.11 Å². The molecule has 0 aliphatic heterocycles. The second kappa shape index (κ2) is 4.94. The average molecular weight is 207 g/mol. The molecule has 0 fully saturated rings. The molecule has 3 heteroatoms. The van der Waals surface area contributed by atoms with Gasteiger partial charge < -0.3 is 10.4 Å². The van der Waals surface area contributed by atoms with E-state index in [1.807, 2.05) is 24.3 Å². The molecule has 82 valence electrons. The zero-order valence-electron chi connectivity index (χ0n) is 9.32. The summed E-state index contributed by atoms with van der Waals surface area (Å²) in [6.07, 6.45) is -0.977. The fraction of sp³-hybridized carbons (Fsp3) is 0.417. The van der Waals surface area contributed by atoms with Crippen molar-refractivity contribution in [2.24, 2.45) is 0 Å². The number of benzene rings is 1. The van der Waals surface area contributed by atoms with Gasteiger partial charge in [-0.2, -0.15) is 0 Å². The Morgan fingerprint density at radius 1 is 1.20 bits per heavy atom. The second-order valence-corrected chi connectivity index (χ2v) is 3.94. The molecule has 0 aliphatic rings. The number of nitrogens with one attached hydrogen (secondary N) is 1. The zero-order chi connectivity index (χ0) is 11.4. The Morgan fingerprint density at radius 3 is 2.13 bits per heavy atom. The third-order valence-electron chi connectivity index (χ3n) is 2.22. The van der Waals surface area contributed by atoms with Crippen molar-refractivity contribution in [3.63, 3.8) is 0 Å². The lowest BCUT2D eigenvalue weighted by Gasteiger charge is -2.09. The highest BCUT2D eigenvalue weighted by Gasteiger charge is 2.08. The van der Waals surface area contributed by atoms with Crippen LogP contribution in [0.25, 0.3) is 0 Å². The van der Waals surface area contributed by atoms with Crippen molar-refractivity contribution in [3.8, 4) is 0 Å². The minimum atomic E-state index is -0.977. The van der Waals surface area contributed by atoms with Crippen LogP contribution in [0.5, 0.6) is 0 Å². The van der Waals surface area contributed by atoms with Gasteiger partial charge in [-0.05, 0) is 30.5 Å². The molecule has 1 aromatic rings. The van der Waals surface area contributed by atoms with Crippen molar-refractivity contribution < 1.29 is 9.90 Å². The maximum atomic E-state index is 11.2. The summed E-state index contributed by atoms with van der Waals surface area (Å²) in [5, 5.41) is 11.6. The smallest absolute Gasteiger partial charge is 0.252 e. The zero-order valence-corrected chi connectivity index (χ0v) is 9.32. The molecule has 1 unspecified atom stereocenters. The molecule has 1 rings (SSSR count). The Morgan fingerprint density at radius 2 is 1.73 bits per heavy atom. The number of aliphatic hydroxyl groups is 1. The van der Waals surface area contributed by atoms with Crippen LogP contribution in [0, 0.1) is 0 Å². The molecular formula is C12H17NO2. The summed E-state index contributed by atoms with van der Waals surface area (Å²) in [7, 11) is 0. The molecule has 1 amide bonds.